The zero-order valence-corrected chi connectivity index (χ0v) is 25.6. The highest BCUT2D eigenvalue weighted by Gasteiger charge is 2.34. The van der Waals surface area contributed by atoms with Crippen molar-refractivity contribution >= 4 is 27.5 Å². The van der Waals surface area contributed by atoms with Crippen molar-refractivity contribution in [1.29, 1.82) is 0 Å². The Morgan fingerprint density at radius 3 is 2.17 bits per heavy atom. The van der Waals surface area contributed by atoms with Gasteiger partial charge in [-0.2, -0.15) is 0 Å². The van der Waals surface area contributed by atoms with Crippen LogP contribution in [0.3, 0.4) is 0 Å². The van der Waals surface area contributed by atoms with Gasteiger partial charge in [0.2, 0.25) is 21.8 Å². The molecule has 3 rings (SSSR count). The van der Waals surface area contributed by atoms with Crippen molar-refractivity contribution in [2.45, 2.75) is 58.7 Å². The first-order valence-corrected chi connectivity index (χ1v) is 15.5. The highest BCUT2D eigenvalue weighted by molar-refractivity contribution is 7.92. The molecule has 0 saturated heterocycles. The summed E-state index contributed by atoms with van der Waals surface area (Å²) in [6, 6.07) is 23.0. The van der Waals surface area contributed by atoms with E-state index in [4.69, 9.17) is 4.74 Å². The largest absolute Gasteiger partial charge is 0.497 e. The van der Waals surface area contributed by atoms with E-state index in [0.29, 0.717) is 17.9 Å². The summed E-state index contributed by atoms with van der Waals surface area (Å²) in [6.07, 6.45) is 1.93. The second-order valence-corrected chi connectivity index (χ2v) is 13.0. The van der Waals surface area contributed by atoms with Crippen LogP contribution in [-0.4, -0.2) is 56.6 Å². The van der Waals surface area contributed by atoms with Crippen molar-refractivity contribution in [2.75, 3.05) is 24.2 Å². The van der Waals surface area contributed by atoms with E-state index in [1.54, 1.807) is 25.3 Å². The molecule has 220 valence electrons. The fourth-order valence-corrected chi connectivity index (χ4v) is 5.50. The molecule has 9 heteroatoms. The number of ether oxygens (including phenoxy) is 1. The number of hydrogen-bond donors (Lipinski definition) is 1. The van der Waals surface area contributed by atoms with Crippen LogP contribution in [0.4, 0.5) is 5.69 Å². The van der Waals surface area contributed by atoms with Gasteiger partial charge in [0, 0.05) is 18.5 Å². The lowest BCUT2D eigenvalue weighted by Crippen LogP contribution is -2.56. The first-order chi connectivity index (χ1) is 19.3. The van der Waals surface area contributed by atoms with Crippen molar-refractivity contribution < 1.29 is 22.7 Å². The van der Waals surface area contributed by atoms with Gasteiger partial charge in [-0.1, -0.05) is 67.6 Å². The molecule has 0 heterocycles. The van der Waals surface area contributed by atoms with E-state index in [9.17, 15) is 18.0 Å². The first kappa shape index (κ1) is 31.7. The van der Waals surface area contributed by atoms with Crippen LogP contribution in [0.25, 0.3) is 0 Å². The summed E-state index contributed by atoms with van der Waals surface area (Å²) >= 11 is 0. The lowest BCUT2D eigenvalue weighted by atomic mass is 10.0. The number of sulfonamides is 1. The second-order valence-electron chi connectivity index (χ2n) is 11.1. The zero-order chi connectivity index (χ0) is 30.2. The summed E-state index contributed by atoms with van der Waals surface area (Å²) in [6.45, 7) is 7.21. The molecule has 0 saturated carbocycles. The topological polar surface area (TPSA) is 96.0 Å². The summed E-state index contributed by atoms with van der Waals surface area (Å²) in [7, 11) is -2.27. The summed E-state index contributed by atoms with van der Waals surface area (Å²) < 4.78 is 32.6. The summed E-state index contributed by atoms with van der Waals surface area (Å²) in [4.78, 5) is 29.5. The standard InChI is InChI=1S/C32H41N3O5S/c1-7-26-17-11-12-19-28(26)35(41(6,38)39)23-30(36)34(22-25-16-13-18-27(20-25)40-5)29(31(37)33-32(2,3)4)21-24-14-9-8-10-15-24/h8-20,29H,7,21-23H2,1-6H3,(H,33,37)/t29-/m1/s1. The summed E-state index contributed by atoms with van der Waals surface area (Å²) in [5.41, 5.74) is 2.33. The Bertz CT molecular complexity index is 1430. The maximum absolute atomic E-state index is 14.2. The van der Waals surface area contributed by atoms with Gasteiger partial charge in [-0.05, 0) is 62.1 Å². The van der Waals surface area contributed by atoms with Crippen LogP contribution >= 0.6 is 0 Å². The number of anilines is 1. The van der Waals surface area contributed by atoms with E-state index in [2.05, 4.69) is 5.32 Å². The number of nitrogens with one attached hydrogen (secondary N) is 1. The van der Waals surface area contributed by atoms with Gasteiger partial charge in [-0.3, -0.25) is 13.9 Å². The number of amides is 2. The zero-order valence-electron chi connectivity index (χ0n) is 24.8. The van der Waals surface area contributed by atoms with Crippen LogP contribution < -0.4 is 14.4 Å². The smallest absolute Gasteiger partial charge is 0.244 e. The number of carbonyl (C=O) groups excluding carboxylic acids is 2. The molecule has 1 atom stereocenters. The molecule has 0 unspecified atom stereocenters. The van der Waals surface area contributed by atoms with Crippen LogP contribution in [0.15, 0.2) is 78.9 Å². The number of nitrogens with zero attached hydrogens (tertiary/aromatic N) is 2. The number of rotatable bonds is 12. The molecule has 0 bridgehead atoms. The highest BCUT2D eigenvalue weighted by Crippen LogP contribution is 2.25. The van der Waals surface area contributed by atoms with Gasteiger partial charge in [0.25, 0.3) is 0 Å². The number of aryl methyl sites for hydroxylation is 1. The number of carbonyl (C=O) groups is 2. The Labute approximate surface area is 244 Å². The predicted molar refractivity (Wildman–Crippen MR) is 163 cm³/mol. The maximum atomic E-state index is 14.2. The quantitative estimate of drug-likeness (QED) is 0.339. The molecule has 3 aromatic carbocycles. The van der Waals surface area contributed by atoms with E-state index in [1.807, 2.05) is 88.4 Å². The van der Waals surface area contributed by atoms with Crippen molar-refractivity contribution in [2.24, 2.45) is 0 Å². The number of hydrogen-bond acceptors (Lipinski definition) is 5. The predicted octanol–water partition coefficient (Wildman–Crippen LogP) is 4.58. The van der Waals surface area contributed by atoms with Crippen molar-refractivity contribution in [1.82, 2.24) is 10.2 Å². The van der Waals surface area contributed by atoms with E-state index in [0.717, 1.165) is 27.3 Å². The number of para-hydroxylation sites is 1. The minimum absolute atomic E-state index is 0.0815. The van der Waals surface area contributed by atoms with Gasteiger partial charge in [-0.25, -0.2) is 8.42 Å². The maximum Gasteiger partial charge on any atom is 0.244 e. The first-order valence-electron chi connectivity index (χ1n) is 13.7. The van der Waals surface area contributed by atoms with E-state index < -0.39 is 34.1 Å². The highest BCUT2D eigenvalue weighted by atomic mass is 32.2. The van der Waals surface area contributed by atoms with Crippen LogP contribution in [-0.2, 0) is 39.0 Å². The molecular formula is C32H41N3O5S. The van der Waals surface area contributed by atoms with Crippen molar-refractivity contribution in [3.63, 3.8) is 0 Å². The van der Waals surface area contributed by atoms with Gasteiger partial charge in [0.15, 0.2) is 0 Å². The van der Waals surface area contributed by atoms with Crippen molar-refractivity contribution in [3.05, 3.63) is 95.6 Å². The molecule has 0 aliphatic carbocycles. The van der Waals surface area contributed by atoms with Crippen molar-refractivity contribution in [3.8, 4) is 5.75 Å². The molecule has 0 aliphatic heterocycles. The van der Waals surface area contributed by atoms with Crippen LogP contribution in [0.5, 0.6) is 5.75 Å². The molecule has 0 aromatic heterocycles. The second kappa shape index (κ2) is 13.7. The third-order valence-electron chi connectivity index (χ3n) is 6.58. The molecule has 0 radical (unpaired) electrons. The average molecular weight is 580 g/mol. The molecule has 2 amide bonds. The molecule has 8 nitrogen and oxygen atoms in total. The third kappa shape index (κ3) is 9.08. The van der Waals surface area contributed by atoms with Crippen LogP contribution in [0.1, 0.15) is 44.4 Å². The Morgan fingerprint density at radius 2 is 1.56 bits per heavy atom. The lowest BCUT2D eigenvalue weighted by molar-refractivity contribution is -0.140. The Balaban J connectivity index is 2.11. The molecule has 1 N–H and O–H groups in total. The van der Waals surface area contributed by atoms with Gasteiger partial charge >= 0.3 is 0 Å². The fraction of sp³-hybridized carbons (Fsp3) is 0.375. The summed E-state index contributed by atoms with van der Waals surface area (Å²) in [5, 5.41) is 3.03. The molecular weight excluding hydrogens is 538 g/mol. The van der Waals surface area contributed by atoms with Gasteiger partial charge in [-0.15, -0.1) is 0 Å². The monoisotopic (exact) mass is 579 g/mol. The van der Waals surface area contributed by atoms with Crippen LogP contribution in [0, 0.1) is 0 Å². The Morgan fingerprint density at radius 1 is 0.927 bits per heavy atom. The van der Waals surface area contributed by atoms with E-state index in [-0.39, 0.29) is 18.9 Å². The van der Waals surface area contributed by atoms with Gasteiger partial charge in [0.1, 0.15) is 18.3 Å². The normalized spacial score (nSPS) is 12.3. The molecule has 3 aromatic rings. The van der Waals surface area contributed by atoms with Crippen LogP contribution in [0.2, 0.25) is 0 Å². The minimum Gasteiger partial charge on any atom is -0.497 e. The number of benzene rings is 3. The Hall–Kier alpha value is -3.85. The molecule has 41 heavy (non-hydrogen) atoms. The SMILES string of the molecule is CCc1ccccc1N(CC(=O)N(Cc1cccc(OC)c1)[C@H](Cc1ccccc1)C(=O)NC(C)(C)C)S(C)(=O)=O. The summed E-state index contributed by atoms with van der Waals surface area (Å²) in [5.74, 6) is -0.199. The third-order valence-corrected chi connectivity index (χ3v) is 7.70. The Kier molecular flexibility index (Phi) is 10.6. The molecule has 0 aliphatic rings. The molecule has 0 fully saturated rings. The van der Waals surface area contributed by atoms with Gasteiger partial charge in [0.05, 0.1) is 19.1 Å². The molecule has 0 spiro atoms. The number of methoxy groups -OCH3 is 1. The van der Waals surface area contributed by atoms with E-state index in [1.165, 1.54) is 4.90 Å². The lowest BCUT2D eigenvalue weighted by Gasteiger charge is -2.35. The van der Waals surface area contributed by atoms with E-state index >= 15 is 0 Å². The minimum atomic E-state index is -3.83. The average Bonchev–Trinajstić information content (AvgIpc) is 2.92. The van der Waals surface area contributed by atoms with Gasteiger partial charge < -0.3 is 15.0 Å². The fourth-order valence-electron chi connectivity index (χ4n) is 4.62.